The number of rotatable bonds is 10. The van der Waals surface area contributed by atoms with E-state index in [-0.39, 0.29) is 5.60 Å². The predicted octanol–water partition coefficient (Wildman–Crippen LogP) is 6.73. The molecule has 1 N–H and O–H groups in total. The molecule has 0 spiro atoms. The molecule has 0 aromatic heterocycles. The average molecular weight is 391 g/mol. The van der Waals surface area contributed by atoms with Crippen LogP contribution in [0.1, 0.15) is 80.2 Å². The lowest BCUT2D eigenvalue weighted by atomic mass is 9.97. The van der Waals surface area contributed by atoms with Gasteiger partial charge in [-0.15, -0.1) is 0 Å². The highest BCUT2D eigenvalue weighted by Gasteiger charge is 2.55. The maximum absolute atomic E-state index is 11.0. The molecule has 0 heterocycles. The molecule has 154 valence electrons. The zero-order valence-corrected chi connectivity index (χ0v) is 19.9. The molecule has 0 bridgehead atoms. The van der Waals surface area contributed by atoms with E-state index in [0.29, 0.717) is 22.5 Å². The third-order valence-corrected chi connectivity index (χ3v) is 13.1. The number of aliphatic hydroxyl groups is 1. The summed E-state index contributed by atoms with van der Waals surface area (Å²) in [5.74, 6) is 0.370. The molecule has 1 aromatic carbocycles. The molecule has 2 nitrogen and oxygen atoms in total. The Morgan fingerprint density at radius 1 is 1.04 bits per heavy atom. The van der Waals surface area contributed by atoms with Crippen LogP contribution >= 0.6 is 0 Å². The Bertz CT molecular complexity index is 572. The molecule has 0 radical (unpaired) electrons. The molecular formula is C24H42O2Si. The third kappa shape index (κ3) is 5.24. The monoisotopic (exact) mass is 390 g/mol. The summed E-state index contributed by atoms with van der Waals surface area (Å²) in [6.45, 7) is 18.6. The normalized spacial score (nSPS) is 23.5. The Labute approximate surface area is 168 Å². The Balaban J connectivity index is 1.99. The SMILES string of the molecule is CC(C)[Si](OC(C)(C)C[C@H]1C[C@@]1(O)CCc1ccccc1)(C(C)C)C(C)C. The molecule has 0 unspecified atom stereocenters. The zero-order chi connectivity index (χ0) is 20.5. The minimum absolute atomic E-state index is 0.174. The van der Waals surface area contributed by atoms with Crippen molar-refractivity contribution in [2.45, 2.75) is 109 Å². The fourth-order valence-corrected chi connectivity index (χ4v) is 11.2. The summed E-state index contributed by atoms with van der Waals surface area (Å²) < 4.78 is 7.04. The van der Waals surface area contributed by atoms with Crippen LogP contribution in [-0.2, 0) is 10.8 Å². The van der Waals surface area contributed by atoms with Crippen molar-refractivity contribution in [3.05, 3.63) is 35.9 Å². The van der Waals surface area contributed by atoms with Gasteiger partial charge in [-0.2, -0.15) is 0 Å². The standard InChI is InChI=1S/C24H42O2Si/c1-18(2)27(19(3)4,20(5)6)26-23(7,8)16-22-17-24(22,25)15-14-21-12-10-9-11-13-21/h9-13,18-20,22,25H,14-17H2,1-8H3/t22-,24-/m0/s1. The quantitative estimate of drug-likeness (QED) is 0.449. The van der Waals surface area contributed by atoms with Gasteiger partial charge in [-0.1, -0.05) is 71.9 Å². The predicted molar refractivity (Wildman–Crippen MR) is 119 cm³/mol. The van der Waals surface area contributed by atoms with Gasteiger partial charge in [-0.3, -0.25) is 0 Å². The molecule has 0 saturated heterocycles. The third-order valence-electron chi connectivity index (χ3n) is 6.79. The molecule has 1 aliphatic rings. The van der Waals surface area contributed by atoms with Crippen molar-refractivity contribution in [1.29, 1.82) is 0 Å². The van der Waals surface area contributed by atoms with Gasteiger partial charge >= 0.3 is 0 Å². The Morgan fingerprint density at radius 3 is 2.04 bits per heavy atom. The molecule has 3 heteroatoms. The highest BCUT2D eigenvalue weighted by Crippen LogP contribution is 2.53. The van der Waals surface area contributed by atoms with Crippen LogP contribution in [-0.4, -0.2) is 24.6 Å². The highest BCUT2D eigenvalue weighted by atomic mass is 28.4. The number of benzene rings is 1. The first-order valence-corrected chi connectivity index (χ1v) is 13.0. The van der Waals surface area contributed by atoms with Crippen LogP contribution in [0.3, 0.4) is 0 Å². The van der Waals surface area contributed by atoms with Gasteiger partial charge in [0.05, 0.1) is 11.2 Å². The van der Waals surface area contributed by atoms with Crippen molar-refractivity contribution in [2.75, 3.05) is 0 Å². The molecule has 1 saturated carbocycles. The summed E-state index contributed by atoms with van der Waals surface area (Å²) in [6, 6.07) is 10.5. The lowest BCUT2D eigenvalue weighted by Gasteiger charge is -2.47. The van der Waals surface area contributed by atoms with E-state index in [4.69, 9.17) is 4.43 Å². The Hall–Kier alpha value is -0.643. The van der Waals surface area contributed by atoms with E-state index in [9.17, 15) is 5.11 Å². The van der Waals surface area contributed by atoms with E-state index < -0.39 is 13.9 Å². The average Bonchev–Trinajstić information content (AvgIpc) is 3.19. The van der Waals surface area contributed by atoms with Gasteiger partial charge in [-0.25, -0.2) is 0 Å². The molecule has 0 amide bonds. The van der Waals surface area contributed by atoms with Crippen LogP contribution in [0.2, 0.25) is 16.6 Å². The van der Waals surface area contributed by atoms with Crippen LogP contribution < -0.4 is 0 Å². The van der Waals surface area contributed by atoms with Gasteiger partial charge in [0.2, 0.25) is 8.32 Å². The van der Waals surface area contributed by atoms with E-state index in [1.807, 2.05) is 6.07 Å². The highest BCUT2D eigenvalue weighted by molar-refractivity contribution is 6.77. The van der Waals surface area contributed by atoms with Gasteiger partial charge in [0, 0.05) is 0 Å². The molecule has 2 rings (SSSR count). The zero-order valence-electron chi connectivity index (χ0n) is 18.9. The van der Waals surface area contributed by atoms with Crippen molar-refractivity contribution in [3.8, 4) is 0 Å². The number of hydrogen-bond acceptors (Lipinski definition) is 2. The first-order chi connectivity index (χ1) is 12.4. The van der Waals surface area contributed by atoms with Crippen molar-refractivity contribution in [2.24, 2.45) is 5.92 Å². The summed E-state index contributed by atoms with van der Waals surface area (Å²) in [7, 11) is -1.90. The molecule has 1 aromatic rings. The maximum atomic E-state index is 11.0. The summed E-state index contributed by atoms with van der Waals surface area (Å²) >= 11 is 0. The molecular weight excluding hydrogens is 348 g/mol. The molecule has 1 fully saturated rings. The van der Waals surface area contributed by atoms with Gasteiger partial charge in [0.25, 0.3) is 0 Å². The van der Waals surface area contributed by atoms with Gasteiger partial charge in [0.1, 0.15) is 0 Å². The molecule has 0 aliphatic heterocycles. The molecule has 27 heavy (non-hydrogen) atoms. The van der Waals surface area contributed by atoms with Gasteiger partial charge in [-0.05, 0) is 67.6 Å². The largest absolute Gasteiger partial charge is 0.411 e. The summed E-state index contributed by atoms with van der Waals surface area (Å²) in [5.41, 5.74) is 2.42. The lowest BCUT2D eigenvalue weighted by Crippen LogP contribution is -2.53. The lowest BCUT2D eigenvalue weighted by molar-refractivity contribution is 0.0489. The van der Waals surface area contributed by atoms with E-state index >= 15 is 0 Å². The molecule has 2 atom stereocenters. The number of hydrogen-bond donors (Lipinski definition) is 1. The van der Waals surface area contributed by atoms with Crippen molar-refractivity contribution in [3.63, 3.8) is 0 Å². The van der Waals surface area contributed by atoms with Crippen molar-refractivity contribution in [1.82, 2.24) is 0 Å². The smallest absolute Gasteiger partial charge is 0.201 e. The second-order valence-electron chi connectivity index (χ2n) is 10.4. The van der Waals surface area contributed by atoms with E-state index in [1.165, 1.54) is 5.56 Å². The second-order valence-corrected chi connectivity index (χ2v) is 15.7. The van der Waals surface area contributed by atoms with Crippen LogP contribution in [0.15, 0.2) is 30.3 Å². The van der Waals surface area contributed by atoms with Crippen LogP contribution in [0.25, 0.3) is 0 Å². The summed E-state index contributed by atoms with van der Waals surface area (Å²) in [5, 5.41) is 11.0. The van der Waals surface area contributed by atoms with Crippen LogP contribution in [0.5, 0.6) is 0 Å². The fraction of sp³-hybridized carbons (Fsp3) is 0.750. The minimum atomic E-state index is -1.90. The topological polar surface area (TPSA) is 29.5 Å². The number of aryl methyl sites for hydroxylation is 1. The van der Waals surface area contributed by atoms with Crippen LogP contribution in [0.4, 0.5) is 0 Å². The van der Waals surface area contributed by atoms with E-state index in [2.05, 4.69) is 79.7 Å². The first kappa shape index (κ1) is 22.6. The maximum Gasteiger partial charge on any atom is 0.201 e. The molecule has 1 aliphatic carbocycles. The fourth-order valence-electron chi connectivity index (χ4n) is 5.41. The summed E-state index contributed by atoms with van der Waals surface area (Å²) in [4.78, 5) is 0. The second kappa shape index (κ2) is 8.38. The van der Waals surface area contributed by atoms with Crippen molar-refractivity contribution >= 4 is 8.32 Å². The van der Waals surface area contributed by atoms with E-state index in [0.717, 1.165) is 25.7 Å². The van der Waals surface area contributed by atoms with E-state index in [1.54, 1.807) is 0 Å². The van der Waals surface area contributed by atoms with Gasteiger partial charge in [0.15, 0.2) is 0 Å². The van der Waals surface area contributed by atoms with Crippen molar-refractivity contribution < 1.29 is 9.53 Å². The first-order valence-electron chi connectivity index (χ1n) is 10.9. The Morgan fingerprint density at radius 2 is 1.56 bits per heavy atom. The Kier molecular flexibility index (Phi) is 7.03. The van der Waals surface area contributed by atoms with Crippen LogP contribution in [0, 0.1) is 5.92 Å². The minimum Gasteiger partial charge on any atom is -0.411 e. The van der Waals surface area contributed by atoms with Gasteiger partial charge < -0.3 is 9.53 Å². The summed E-state index contributed by atoms with van der Waals surface area (Å²) in [6.07, 6.45) is 3.70.